The molecule has 2 fully saturated rings. The number of aliphatic hydroxyl groups excluding tert-OH is 2. The predicted octanol–water partition coefficient (Wildman–Crippen LogP) is -0.495. The van der Waals surface area contributed by atoms with Crippen molar-refractivity contribution < 1.29 is 10.2 Å². The molecule has 0 atom stereocenters. The first kappa shape index (κ1) is 10.1. The Labute approximate surface area is 84.3 Å². The van der Waals surface area contributed by atoms with Gasteiger partial charge in [-0.15, -0.1) is 0 Å². The zero-order valence-corrected chi connectivity index (χ0v) is 8.39. The highest BCUT2D eigenvalue weighted by Gasteiger charge is 2.53. The zero-order chi connectivity index (χ0) is 10.2. The average molecular weight is 198 g/mol. The van der Waals surface area contributed by atoms with Crippen LogP contribution < -0.4 is 0 Å². The second-order valence-electron chi connectivity index (χ2n) is 4.67. The van der Waals surface area contributed by atoms with Gasteiger partial charge in [-0.1, -0.05) is 0 Å². The van der Waals surface area contributed by atoms with Crippen LogP contribution in [0.1, 0.15) is 12.8 Å². The van der Waals surface area contributed by atoms with Gasteiger partial charge in [-0.05, 0) is 25.0 Å². The molecule has 0 amide bonds. The molecule has 0 radical (unpaired) electrons. The first-order valence-electron chi connectivity index (χ1n) is 5.14. The van der Waals surface area contributed by atoms with Crippen molar-refractivity contribution in [3.8, 4) is 0 Å². The molecule has 2 N–H and O–H groups in total. The van der Waals surface area contributed by atoms with E-state index in [-0.39, 0.29) is 19.3 Å². The monoisotopic (exact) mass is 198 g/mol. The number of nitrogens with zero attached hydrogens (tertiary/aromatic N) is 2. The molecule has 4 heteroatoms. The third-order valence-electron chi connectivity index (χ3n) is 3.61. The predicted molar refractivity (Wildman–Crippen MR) is 54.5 cm³/mol. The second kappa shape index (κ2) is 3.61. The van der Waals surface area contributed by atoms with Crippen LogP contribution in [0.3, 0.4) is 0 Å². The fourth-order valence-electron chi connectivity index (χ4n) is 2.69. The summed E-state index contributed by atoms with van der Waals surface area (Å²) in [5, 5.41) is 18.0. The summed E-state index contributed by atoms with van der Waals surface area (Å²) in [6.45, 7) is 5.66. The van der Waals surface area contributed by atoms with Gasteiger partial charge in [0.2, 0.25) is 0 Å². The minimum Gasteiger partial charge on any atom is -0.395 e. The van der Waals surface area contributed by atoms with Gasteiger partial charge in [-0.3, -0.25) is 9.89 Å². The first-order chi connectivity index (χ1) is 6.73. The number of likely N-dealkylation sites (tertiary alicyclic amines) is 1. The van der Waals surface area contributed by atoms with Crippen LogP contribution in [0.5, 0.6) is 0 Å². The van der Waals surface area contributed by atoms with Crippen LogP contribution in [0.15, 0.2) is 4.99 Å². The number of aliphatic imine (C=N–C) groups is 1. The van der Waals surface area contributed by atoms with E-state index in [1.807, 2.05) is 0 Å². The molecule has 0 bridgehead atoms. The van der Waals surface area contributed by atoms with Gasteiger partial charge in [0.25, 0.3) is 0 Å². The van der Waals surface area contributed by atoms with E-state index in [1.54, 1.807) is 0 Å². The molecule has 1 spiro atoms. The Hall–Kier alpha value is -0.450. The summed E-state index contributed by atoms with van der Waals surface area (Å²) >= 11 is 0. The molecule has 1 saturated carbocycles. The lowest BCUT2D eigenvalue weighted by Gasteiger charge is -2.59. The van der Waals surface area contributed by atoms with E-state index in [9.17, 15) is 0 Å². The summed E-state index contributed by atoms with van der Waals surface area (Å²) in [5.74, 6) is 0. The Morgan fingerprint density at radius 1 is 1.36 bits per heavy atom. The minimum absolute atomic E-state index is 0.0513. The summed E-state index contributed by atoms with van der Waals surface area (Å²) in [5.41, 5.74) is 0.439. The van der Waals surface area contributed by atoms with Crippen molar-refractivity contribution in [2.75, 3.05) is 26.3 Å². The van der Waals surface area contributed by atoms with Crippen LogP contribution in [0.4, 0.5) is 0 Å². The molecule has 1 aliphatic carbocycles. The minimum atomic E-state index is -0.0589. The lowest BCUT2D eigenvalue weighted by molar-refractivity contribution is -0.108. The van der Waals surface area contributed by atoms with E-state index in [1.165, 1.54) is 0 Å². The Morgan fingerprint density at radius 3 is 2.36 bits per heavy atom. The van der Waals surface area contributed by atoms with Gasteiger partial charge in [0.1, 0.15) is 0 Å². The van der Waals surface area contributed by atoms with Crippen molar-refractivity contribution in [2.45, 2.75) is 24.9 Å². The van der Waals surface area contributed by atoms with Crippen LogP contribution in [-0.2, 0) is 0 Å². The third-order valence-corrected chi connectivity index (χ3v) is 3.61. The molecular formula is C10H18N2O2. The smallest absolute Gasteiger partial charge is 0.0609 e. The van der Waals surface area contributed by atoms with Gasteiger partial charge in [0.05, 0.1) is 25.3 Å². The molecule has 1 saturated heterocycles. The van der Waals surface area contributed by atoms with Gasteiger partial charge >= 0.3 is 0 Å². The highest BCUT2D eigenvalue weighted by atomic mass is 16.3. The molecule has 2 aliphatic rings. The van der Waals surface area contributed by atoms with Gasteiger partial charge in [0.15, 0.2) is 0 Å². The molecule has 2 rings (SSSR count). The molecule has 1 heterocycles. The van der Waals surface area contributed by atoms with Crippen LogP contribution in [0.2, 0.25) is 0 Å². The van der Waals surface area contributed by atoms with Gasteiger partial charge in [-0.25, -0.2) is 0 Å². The number of hydrogen-bond acceptors (Lipinski definition) is 4. The number of rotatable bonds is 4. The summed E-state index contributed by atoms with van der Waals surface area (Å²) < 4.78 is 0. The standard InChI is InChI=1S/C10H18N2O2/c1-11-8-2-10(3-8)6-12(7-10)9(4-13)5-14/h8-9,13-14H,1-7H2. The fourth-order valence-corrected chi connectivity index (χ4v) is 2.69. The van der Waals surface area contributed by atoms with Crippen LogP contribution in [-0.4, -0.2) is 60.2 Å². The summed E-state index contributed by atoms with van der Waals surface area (Å²) in [6, 6.07) is 0.398. The quantitative estimate of drug-likeness (QED) is 0.599. The van der Waals surface area contributed by atoms with E-state index in [0.717, 1.165) is 25.9 Å². The number of hydrogen-bond donors (Lipinski definition) is 2. The summed E-state index contributed by atoms with van der Waals surface area (Å²) in [7, 11) is 0. The van der Waals surface area contributed by atoms with E-state index < -0.39 is 0 Å². The zero-order valence-electron chi connectivity index (χ0n) is 8.39. The Bertz CT molecular complexity index is 214. The maximum atomic E-state index is 8.99. The molecule has 0 aromatic heterocycles. The Morgan fingerprint density at radius 2 is 1.93 bits per heavy atom. The maximum Gasteiger partial charge on any atom is 0.0609 e. The Balaban J connectivity index is 1.77. The fraction of sp³-hybridized carbons (Fsp3) is 0.900. The molecule has 0 unspecified atom stereocenters. The molecule has 14 heavy (non-hydrogen) atoms. The maximum absolute atomic E-state index is 8.99. The van der Waals surface area contributed by atoms with Crippen molar-refractivity contribution >= 4 is 6.72 Å². The van der Waals surface area contributed by atoms with Crippen molar-refractivity contribution in [1.82, 2.24) is 4.90 Å². The molecule has 0 aromatic rings. The van der Waals surface area contributed by atoms with Crippen molar-refractivity contribution in [1.29, 1.82) is 0 Å². The van der Waals surface area contributed by atoms with Crippen LogP contribution in [0.25, 0.3) is 0 Å². The van der Waals surface area contributed by atoms with E-state index >= 15 is 0 Å². The lowest BCUT2D eigenvalue weighted by Crippen LogP contribution is -2.66. The molecular weight excluding hydrogens is 180 g/mol. The van der Waals surface area contributed by atoms with Crippen LogP contribution >= 0.6 is 0 Å². The lowest BCUT2D eigenvalue weighted by atomic mass is 9.60. The Kier molecular flexibility index (Phi) is 2.60. The molecule has 4 nitrogen and oxygen atoms in total. The highest BCUT2D eigenvalue weighted by molar-refractivity contribution is 5.26. The van der Waals surface area contributed by atoms with E-state index in [0.29, 0.717) is 11.5 Å². The van der Waals surface area contributed by atoms with Crippen molar-refractivity contribution in [3.05, 3.63) is 0 Å². The molecule has 1 aliphatic heterocycles. The SMILES string of the molecule is C=NC1CC2(C1)CN(C(CO)CO)C2. The van der Waals surface area contributed by atoms with Gasteiger partial charge < -0.3 is 10.2 Å². The summed E-state index contributed by atoms with van der Waals surface area (Å²) in [4.78, 5) is 6.17. The number of aliphatic hydroxyl groups is 2. The van der Waals surface area contributed by atoms with Gasteiger partial charge in [-0.2, -0.15) is 0 Å². The normalized spacial score (nSPS) is 26.2. The van der Waals surface area contributed by atoms with Crippen molar-refractivity contribution in [2.24, 2.45) is 10.4 Å². The molecule has 0 aromatic carbocycles. The first-order valence-corrected chi connectivity index (χ1v) is 5.14. The third kappa shape index (κ3) is 1.47. The van der Waals surface area contributed by atoms with Gasteiger partial charge in [0, 0.05) is 13.1 Å². The topological polar surface area (TPSA) is 56.1 Å². The summed E-state index contributed by atoms with van der Waals surface area (Å²) in [6.07, 6.45) is 2.27. The van der Waals surface area contributed by atoms with Crippen LogP contribution in [0, 0.1) is 5.41 Å². The highest BCUT2D eigenvalue weighted by Crippen LogP contribution is 2.49. The largest absolute Gasteiger partial charge is 0.395 e. The van der Waals surface area contributed by atoms with Crippen molar-refractivity contribution in [3.63, 3.8) is 0 Å². The molecule has 80 valence electrons. The van der Waals surface area contributed by atoms with E-state index in [2.05, 4.69) is 16.6 Å². The van der Waals surface area contributed by atoms with E-state index in [4.69, 9.17) is 10.2 Å². The average Bonchev–Trinajstić information content (AvgIpc) is 2.07. The second-order valence-corrected chi connectivity index (χ2v) is 4.67.